The van der Waals surface area contributed by atoms with Crippen LogP contribution in [0.2, 0.25) is 0 Å². The topological polar surface area (TPSA) is 52.5 Å². The smallest absolute Gasteiger partial charge is 0.0732 e. The highest BCUT2D eigenvalue weighted by molar-refractivity contribution is 6.09. The lowest BCUT2D eigenvalue weighted by Crippen LogP contribution is -2.24. The standard InChI is InChI=1S/C28H28N4/c1-3-21-11-15-26(30-21)28(20-8-5-4-6-9-20)27-16-13-23(32-27)18-22-12-14-25(31-22)19(2)24-10-7-17-29-24/h4-16,22,31-32H,3,17-18H2,1-2H3/b25-19?,28-26-. The van der Waals surface area contributed by atoms with Gasteiger partial charge in [0.1, 0.15) is 0 Å². The maximum atomic E-state index is 4.86. The van der Waals surface area contributed by atoms with Crippen LogP contribution in [-0.4, -0.2) is 29.0 Å². The molecule has 160 valence electrons. The average Bonchev–Trinajstić information content (AvgIpc) is 3.62. The van der Waals surface area contributed by atoms with Crippen molar-refractivity contribution in [1.82, 2.24) is 10.3 Å². The van der Waals surface area contributed by atoms with Crippen molar-refractivity contribution < 1.29 is 0 Å². The van der Waals surface area contributed by atoms with Gasteiger partial charge >= 0.3 is 0 Å². The van der Waals surface area contributed by atoms with Gasteiger partial charge in [0.25, 0.3) is 0 Å². The molecule has 32 heavy (non-hydrogen) atoms. The van der Waals surface area contributed by atoms with Gasteiger partial charge < -0.3 is 10.3 Å². The minimum atomic E-state index is 0.265. The predicted octanol–water partition coefficient (Wildman–Crippen LogP) is 5.55. The molecule has 0 radical (unpaired) electrons. The van der Waals surface area contributed by atoms with E-state index in [2.05, 4.69) is 108 Å². The number of aromatic nitrogens is 1. The van der Waals surface area contributed by atoms with Crippen LogP contribution >= 0.6 is 0 Å². The third kappa shape index (κ3) is 4.09. The number of allylic oxidation sites excluding steroid dienone is 5. The van der Waals surface area contributed by atoms with E-state index in [0.717, 1.165) is 53.5 Å². The molecule has 3 aliphatic heterocycles. The van der Waals surface area contributed by atoms with E-state index in [4.69, 9.17) is 4.99 Å². The van der Waals surface area contributed by atoms with E-state index in [9.17, 15) is 0 Å². The van der Waals surface area contributed by atoms with Gasteiger partial charge in [-0.3, -0.25) is 9.98 Å². The largest absolute Gasteiger partial charge is 0.378 e. The van der Waals surface area contributed by atoms with E-state index in [1.165, 1.54) is 16.8 Å². The van der Waals surface area contributed by atoms with Gasteiger partial charge in [0, 0.05) is 34.8 Å². The number of H-pyrrole nitrogens is 1. The summed E-state index contributed by atoms with van der Waals surface area (Å²) in [6.07, 6.45) is 14.7. The molecule has 2 N–H and O–H groups in total. The zero-order chi connectivity index (χ0) is 21.9. The third-order valence-electron chi connectivity index (χ3n) is 6.10. The molecule has 0 saturated carbocycles. The maximum Gasteiger partial charge on any atom is 0.0732 e. The normalized spacial score (nSPS) is 22.2. The van der Waals surface area contributed by atoms with Gasteiger partial charge in [0.15, 0.2) is 0 Å². The molecule has 1 aromatic heterocycles. The lowest BCUT2D eigenvalue weighted by Gasteiger charge is -2.13. The van der Waals surface area contributed by atoms with Crippen LogP contribution in [0.25, 0.3) is 5.57 Å². The second-order valence-corrected chi connectivity index (χ2v) is 8.29. The molecule has 3 aliphatic rings. The Morgan fingerprint density at radius 2 is 1.91 bits per heavy atom. The Morgan fingerprint density at radius 3 is 2.66 bits per heavy atom. The van der Waals surface area contributed by atoms with E-state index in [0.29, 0.717) is 0 Å². The van der Waals surface area contributed by atoms with Crippen molar-refractivity contribution in [3.8, 4) is 0 Å². The minimum absolute atomic E-state index is 0.265. The van der Waals surface area contributed by atoms with E-state index in [1.807, 2.05) is 0 Å². The number of nitrogens with zero attached hydrogens (tertiary/aromatic N) is 2. The summed E-state index contributed by atoms with van der Waals surface area (Å²) in [6.45, 7) is 5.06. The van der Waals surface area contributed by atoms with E-state index in [-0.39, 0.29) is 6.04 Å². The van der Waals surface area contributed by atoms with E-state index < -0.39 is 0 Å². The molecule has 5 rings (SSSR count). The number of hydrogen-bond acceptors (Lipinski definition) is 3. The number of rotatable bonds is 6. The highest BCUT2D eigenvalue weighted by atomic mass is 15.0. The molecule has 1 atom stereocenters. The fourth-order valence-corrected chi connectivity index (χ4v) is 4.34. The summed E-state index contributed by atoms with van der Waals surface area (Å²) >= 11 is 0. The van der Waals surface area contributed by atoms with Crippen molar-refractivity contribution in [3.63, 3.8) is 0 Å². The molecule has 0 aliphatic carbocycles. The Hall–Kier alpha value is -3.66. The van der Waals surface area contributed by atoms with Gasteiger partial charge in [-0.2, -0.15) is 0 Å². The monoisotopic (exact) mass is 420 g/mol. The summed E-state index contributed by atoms with van der Waals surface area (Å²) in [4.78, 5) is 13.1. The highest BCUT2D eigenvalue weighted by Crippen LogP contribution is 2.30. The first-order valence-corrected chi connectivity index (χ1v) is 11.3. The molecule has 0 bridgehead atoms. The first-order valence-electron chi connectivity index (χ1n) is 11.3. The molecule has 4 nitrogen and oxygen atoms in total. The van der Waals surface area contributed by atoms with Crippen LogP contribution in [0.3, 0.4) is 0 Å². The molecule has 2 aromatic rings. The molecular weight excluding hydrogens is 392 g/mol. The van der Waals surface area contributed by atoms with Crippen LogP contribution in [-0.2, 0) is 6.42 Å². The quantitative estimate of drug-likeness (QED) is 0.632. The molecule has 1 unspecified atom stereocenters. The van der Waals surface area contributed by atoms with Crippen molar-refractivity contribution in [2.75, 3.05) is 6.54 Å². The Kier molecular flexibility index (Phi) is 5.59. The van der Waals surface area contributed by atoms with Crippen LogP contribution in [0.15, 0.2) is 106 Å². The Bertz CT molecular complexity index is 1230. The van der Waals surface area contributed by atoms with Crippen molar-refractivity contribution in [1.29, 1.82) is 0 Å². The number of benzene rings is 1. The fourth-order valence-electron chi connectivity index (χ4n) is 4.34. The van der Waals surface area contributed by atoms with Gasteiger partial charge in [-0.05, 0) is 60.9 Å². The molecule has 4 heterocycles. The third-order valence-corrected chi connectivity index (χ3v) is 6.10. The maximum absolute atomic E-state index is 4.86. The van der Waals surface area contributed by atoms with Crippen molar-refractivity contribution in [2.45, 2.75) is 32.7 Å². The molecule has 1 aromatic carbocycles. The van der Waals surface area contributed by atoms with Crippen LogP contribution in [0, 0.1) is 0 Å². The summed E-state index contributed by atoms with van der Waals surface area (Å²) in [7, 11) is 0. The molecule has 0 saturated heterocycles. The summed E-state index contributed by atoms with van der Waals surface area (Å²) in [5.74, 6) is 0. The van der Waals surface area contributed by atoms with Crippen molar-refractivity contribution >= 4 is 17.0 Å². The zero-order valence-corrected chi connectivity index (χ0v) is 18.6. The Labute approximate surface area is 189 Å². The lowest BCUT2D eigenvalue weighted by molar-refractivity contribution is 0.692. The van der Waals surface area contributed by atoms with Crippen LogP contribution < -0.4 is 5.32 Å². The zero-order valence-electron chi connectivity index (χ0n) is 18.6. The van der Waals surface area contributed by atoms with Crippen LogP contribution in [0.1, 0.15) is 37.2 Å². The minimum Gasteiger partial charge on any atom is -0.378 e. The van der Waals surface area contributed by atoms with E-state index >= 15 is 0 Å². The van der Waals surface area contributed by atoms with Gasteiger partial charge in [-0.25, -0.2) is 0 Å². The molecule has 0 fully saturated rings. The molecule has 0 amide bonds. The first-order chi connectivity index (χ1) is 15.7. The lowest BCUT2D eigenvalue weighted by atomic mass is 10.0. The van der Waals surface area contributed by atoms with Crippen molar-refractivity contribution in [3.05, 3.63) is 113 Å². The van der Waals surface area contributed by atoms with Crippen LogP contribution in [0.4, 0.5) is 0 Å². The number of aliphatic imine (C=N–C) groups is 2. The molecule has 0 spiro atoms. The van der Waals surface area contributed by atoms with Crippen molar-refractivity contribution in [2.24, 2.45) is 9.98 Å². The van der Waals surface area contributed by atoms with Gasteiger partial charge in [0.2, 0.25) is 0 Å². The highest BCUT2D eigenvalue weighted by Gasteiger charge is 2.19. The number of hydrogen-bond donors (Lipinski definition) is 2. The summed E-state index contributed by atoms with van der Waals surface area (Å²) < 4.78 is 0. The van der Waals surface area contributed by atoms with E-state index in [1.54, 1.807) is 0 Å². The van der Waals surface area contributed by atoms with Crippen LogP contribution in [0.5, 0.6) is 0 Å². The second kappa shape index (κ2) is 8.83. The summed E-state index contributed by atoms with van der Waals surface area (Å²) in [5.41, 5.74) is 10.2. The average molecular weight is 421 g/mol. The Balaban J connectivity index is 1.38. The van der Waals surface area contributed by atoms with Gasteiger partial charge in [0.05, 0.1) is 24.0 Å². The number of nitrogens with one attached hydrogen (secondary N) is 2. The predicted molar refractivity (Wildman–Crippen MR) is 134 cm³/mol. The second-order valence-electron chi connectivity index (χ2n) is 8.29. The summed E-state index contributed by atoms with van der Waals surface area (Å²) in [6, 6.07) is 15.1. The fraction of sp³-hybridized carbons (Fsp3) is 0.214. The molecular formula is C28H28N4. The molecule has 4 heteroatoms. The Morgan fingerprint density at radius 1 is 1.03 bits per heavy atom. The summed E-state index contributed by atoms with van der Waals surface area (Å²) in [5, 5.41) is 3.64. The number of aromatic amines is 1. The SMILES string of the molecule is CCC1=N/C(=C(/c2ccccc2)c2ccc(CC3C=CC(=C(C)C4=NCC=C4)N3)[nH]2)C=C1. The van der Waals surface area contributed by atoms with Gasteiger partial charge in [-0.15, -0.1) is 0 Å². The van der Waals surface area contributed by atoms with Gasteiger partial charge in [-0.1, -0.05) is 49.4 Å². The first kappa shape index (κ1) is 20.3.